The lowest BCUT2D eigenvalue weighted by atomic mass is 9.96. The third-order valence-electron chi connectivity index (χ3n) is 4.68. The highest BCUT2D eigenvalue weighted by Crippen LogP contribution is 2.30. The Morgan fingerprint density at radius 3 is 2.50 bits per heavy atom. The second-order valence-corrected chi connectivity index (χ2v) is 7.64. The van der Waals surface area contributed by atoms with Gasteiger partial charge in [-0.1, -0.05) is 12.1 Å². The first kappa shape index (κ1) is 20.1. The fourth-order valence-electron chi connectivity index (χ4n) is 3.16. The number of amides is 2. The fourth-order valence-corrected chi connectivity index (χ4v) is 3.88. The van der Waals surface area contributed by atoms with Crippen LogP contribution in [-0.4, -0.2) is 30.7 Å². The molecule has 0 unspecified atom stereocenters. The van der Waals surface area contributed by atoms with E-state index in [1.165, 1.54) is 6.07 Å². The van der Waals surface area contributed by atoms with Crippen LogP contribution in [0.2, 0.25) is 0 Å². The molecule has 1 fully saturated rings. The van der Waals surface area contributed by atoms with Crippen LogP contribution in [0.3, 0.4) is 0 Å². The van der Waals surface area contributed by atoms with Crippen molar-refractivity contribution in [2.24, 2.45) is 11.7 Å². The highest BCUT2D eigenvalue weighted by molar-refractivity contribution is 8.00. The number of thioether (sulfide) groups is 1. The van der Waals surface area contributed by atoms with Gasteiger partial charge < -0.3 is 16.0 Å². The minimum atomic E-state index is -0.935. The number of carbonyl (C=O) groups excluding carboxylic acids is 2. The summed E-state index contributed by atoms with van der Waals surface area (Å²) >= 11 is 1.13. The van der Waals surface area contributed by atoms with Crippen LogP contribution in [0.5, 0.6) is 0 Å². The molecule has 148 valence electrons. The molecule has 0 aromatic heterocycles. The number of hydrogen-bond donors (Lipinski definition) is 2. The molecule has 0 radical (unpaired) electrons. The Kier molecular flexibility index (Phi) is 6.51. The summed E-state index contributed by atoms with van der Waals surface area (Å²) in [5.74, 6) is -2.39. The average Bonchev–Trinajstić information content (AvgIpc) is 2.69. The number of primary amides is 1. The topological polar surface area (TPSA) is 75.4 Å². The summed E-state index contributed by atoms with van der Waals surface area (Å²) in [6.45, 7) is 1.37. The normalized spacial score (nSPS) is 14.7. The predicted octanol–water partition coefficient (Wildman–Crippen LogP) is 3.40. The van der Waals surface area contributed by atoms with Crippen molar-refractivity contribution in [1.29, 1.82) is 0 Å². The maximum absolute atomic E-state index is 13.3. The Morgan fingerprint density at radius 1 is 1.11 bits per heavy atom. The van der Waals surface area contributed by atoms with E-state index in [1.807, 2.05) is 24.3 Å². The van der Waals surface area contributed by atoms with Crippen LogP contribution in [0, 0.1) is 17.6 Å². The van der Waals surface area contributed by atoms with Crippen LogP contribution in [0.4, 0.5) is 20.2 Å². The lowest BCUT2D eigenvalue weighted by Gasteiger charge is -2.33. The summed E-state index contributed by atoms with van der Waals surface area (Å²) in [6, 6.07) is 11.0. The largest absolute Gasteiger partial charge is 0.370 e. The molecule has 0 bridgehead atoms. The molecule has 0 aliphatic carbocycles. The van der Waals surface area contributed by atoms with Gasteiger partial charge in [-0.25, -0.2) is 8.78 Å². The average molecular weight is 405 g/mol. The summed E-state index contributed by atoms with van der Waals surface area (Å²) < 4.78 is 26.2. The molecule has 0 saturated carbocycles. The molecule has 0 spiro atoms. The van der Waals surface area contributed by atoms with Crippen molar-refractivity contribution in [3.05, 3.63) is 54.1 Å². The maximum atomic E-state index is 13.3. The highest BCUT2D eigenvalue weighted by atomic mass is 32.2. The van der Waals surface area contributed by atoms with Gasteiger partial charge in [0.25, 0.3) is 0 Å². The van der Waals surface area contributed by atoms with Crippen LogP contribution < -0.4 is 16.0 Å². The van der Waals surface area contributed by atoms with Crippen molar-refractivity contribution < 1.29 is 18.4 Å². The van der Waals surface area contributed by atoms with Crippen molar-refractivity contribution in [2.45, 2.75) is 17.7 Å². The van der Waals surface area contributed by atoms with E-state index < -0.39 is 11.6 Å². The molecule has 1 heterocycles. The maximum Gasteiger partial charge on any atom is 0.234 e. The summed E-state index contributed by atoms with van der Waals surface area (Å²) in [5, 5.41) is 2.88. The van der Waals surface area contributed by atoms with Crippen LogP contribution in [-0.2, 0) is 9.59 Å². The zero-order chi connectivity index (χ0) is 20.1. The molecule has 5 nitrogen and oxygen atoms in total. The van der Waals surface area contributed by atoms with Crippen LogP contribution in [0.1, 0.15) is 12.8 Å². The molecule has 1 aliphatic rings. The van der Waals surface area contributed by atoms with E-state index in [9.17, 15) is 18.4 Å². The first-order valence-electron chi connectivity index (χ1n) is 8.95. The van der Waals surface area contributed by atoms with Gasteiger partial charge in [0.2, 0.25) is 11.8 Å². The minimum Gasteiger partial charge on any atom is -0.370 e. The summed E-state index contributed by atoms with van der Waals surface area (Å²) in [6.07, 6.45) is 1.37. The number of rotatable bonds is 6. The van der Waals surface area contributed by atoms with Gasteiger partial charge in [-0.2, -0.15) is 0 Å². The van der Waals surface area contributed by atoms with E-state index in [-0.39, 0.29) is 23.5 Å². The first-order chi connectivity index (χ1) is 13.4. The minimum absolute atomic E-state index is 0.0726. The van der Waals surface area contributed by atoms with E-state index in [4.69, 9.17) is 5.73 Å². The zero-order valence-electron chi connectivity index (χ0n) is 15.2. The van der Waals surface area contributed by atoms with Crippen LogP contribution in [0.25, 0.3) is 0 Å². The Bertz CT molecular complexity index is 870. The molecule has 3 N–H and O–H groups in total. The number of halogens is 2. The van der Waals surface area contributed by atoms with Gasteiger partial charge >= 0.3 is 0 Å². The number of nitrogens with one attached hydrogen (secondary N) is 1. The number of benzene rings is 2. The molecule has 28 heavy (non-hydrogen) atoms. The number of hydrogen-bond acceptors (Lipinski definition) is 4. The lowest BCUT2D eigenvalue weighted by Crippen LogP contribution is -2.38. The number of nitrogens with two attached hydrogens (primary N) is 1. The van der Waals surface area contributed by atoms with Crippen molar-refractivity contribution >= 4 is 35.0 Å². The Hall–Kier alpha value is -2.61. The van der Waals surface area contributed by atoms with E-state index in [0.717, 1.165) is 29.6 Å². The van der Waals surface area contributed by atoms with Crippen LogP contribution in [0.15, 0.2) is 47.4 Å². The van der Waals surface area contributed by atoms with Crippen molar-refractivity contribution in [3.8, 4) is 0 Å². The second-order valence-electron chi connectivity index (χ2n) is 6.59. The number of anilines is 2. The quantitative estimate of drug-likeness (QED) is 0.723. The van der Waals surface area contributed by atoms with Crippen molar-refractivity contribution in [2.75, 3.05) is 29.1 Å². The third kappa shape index (κ3) is 5.01. The number of piperidine rings is 1. The second kappa shape index (κ2) is 9.05. The monoisotopic (exact) mass is 405 g/mol. The number of carbonyl (C=O) groups is 2. The zero-order valence-corrected chi connectivity index (χ0v) is 16.0. The first-order valence-corrected chi connectivity index (χ1v) is 9.93. The van der Waals surface area contributed by atoms with E-state index >= 15 is 0 Å². The number of para-hydroxylation sites is 2. The summed E-state index contributed by atoms with van der Waals surface area (Å²) in [5.41, 5.74) is 6.95. The van der Waals surface area contributed by atoms with Gasteiger partial charge in [0.05, 0.1) is 17.1 Å². The summed E-state index contributed by atoms with van der Waals surface area (Å²) in [4.78, 5) is 26.3. The van der Waals surface area contributed by atoms with E-state index in [0.29, 0.717) is 36.5 Å². The molecule has 1 aliphatic heterocycles. The van der Waals surface area contributed by atoms with Crippen LogP contribution >= 0.6 is 11.8 Å². The van der Waals surface area contributed by atoms with Crippen molar-refractivity contribution in [1.82, 2.24) is 0 Å². The lowest BCUT2D eigenvalue weighted by molar-refractivity contribution is -0.122. The standard InChI is InChI=1S/C20H21F2N3O2S/c21-15-6-5-14(11-16(15)22)28-12-19(26)24-17-3-1-2-4-18(17)25-9-7-13(8-10-25)20(23)27/h1-6,11,13H,7-10,12H2,(H2,23,27)(H,24,26). The molecule has 0 atom stereocenters. The van der Waals surface area contributed by atoms with Gasteiger partial charge in [0.1, 0.15) is 0 Å². The predicted molar refractivity (Wildman–Crippen MR) is 106 cm³/mol. The molecular formula is C20H21F2N3O2S. The van der Waals surface area contributed by atoms with Gasteiger partial charge in [-0.05, 0) is 43.2 Å². The molecule has 3 rings (SSSR count). The molecule has 2 aromatic rings. The van der Waals surface area contributed by atoms with Gasteiger partial charge in [0.15, 0.2) is 11.6 Å². The molecule has 2 amide bonds. The van der Waals surface area contributed by atoms with E-state index in [2.05, 4.69) is 10.2 Å². The molecule has 8 heteroatoms. The smallest absolute Gasteiger partial charge is 0.234 e. The SMILES string of the molecule is NC(=O)C1CCN(c2ccccc2NC(=O)CSc2ccc(F)c(F)c2)CC1. The molecule has 2 aromatic carbocycles. The Morgan fingerprint density at radius 2 is 1.82 bits per heavy atom. The Balaban J connectivity index is 1.60. The van der Waals surface area contributed by atoms with Gasteiger partial charge in [0, 0.05) is 23.9 Å². The van der Waals surface area contributed by atoms with Gasteiger partial charge in [-0.15, -0.1) is 11.8 Å². The fraction of sp³-hybridized carbons (Fsp3) is 0.300. The molecule has 1 saturated heterocycles. The third-order valence-corrected chi connectivity index (χ3v) is 5.67. The number of nitrogens with zero attached hydrogens (tertiary/aromatic N) is 1. The highest BCUT2D eigenvalue weighted by Gasteiger charge is 2.24. The molecular weight excluding hydrogens is 384 g/mol. The van der Waals surface area contributed by atoms with E-state index in [1.54, 1.807) is 0 Å². The van der Waals surface area contributed by atoms with Crippen molar-refractivity contribution in [3.63, 3.8) is 0 Å². The summed E-state index contributed by atoms with van der Waals surface area (Å²) in [7, 11) is 0. The Labute approximate surface area is 166 Å². The van der Waals surface area contributed by atoms with Gasteiger partial charge in [-0.3, -0.25) is 9.59 Å².